The Hall–Kier alpha value is 0.0000000000000000347. The first-order valence-corrected chi connectivity index (χ1v) is 4.77. The highest BCUT2D eigenvalue weighted by Gasteiger charge is 1.99. The fraction of sp³-hybridized carbons (Fsp3) is 0.667. The standard InChI is InChI=1S/C3H8NO3PS.H3N/c1-3(5)4-8(6,9)7-2;/h1-2H3,(H2,4,5,6,9);1H3. The number of nitrogens with one attached hydrogen (secondary N) is 1. The van der Waals surface area contributed by atoms with Crippen molar-refractivity contribution < 1.29 is 14.2 Å². The van der Waals surface area contributed by atoms with Crippen LogP contribution in [0.15, 0.2) is 0 Å². The molecule has 0 saturated heterocycles. The van der Waals surface area contributed by atoms with E-state index in [1.807, 2.05) is 5.09 Å². The fourth-order valence-corrected chi connectivity index (χ4v) is 1.10. The van der Waals surface area contributed by atoms with Gasteiger partial charge in [0.1, 0.15) is 0 Å². The van der Waals surface area contributed by atoms with Crippen molar-refractivity contribution in [2.75, 3.05) is 7.11 Å². The molecule has 0 fully saturated rings. The van der Waals surface area contributed by atoms with Gasteiger partial charge in [0.2, 0.25) is 5.91 Å². The van der Waals surface area contributed by atoms with Crippen molar-refractivity contribution in [2.45, 2.75) is 6.92 Å². The summed E-state index contributed by atoms with van der Waals surface area (Å²) in [6.45, 7) is -2.03. The number of hydrogen-bond donors (Lipinski definition) is 2. The monoisotopic (exact) mass is 186 g/mol. The molecule has 0 aliphatic carbocycles. The van der Waals surface area contributed by atoms with Crippen LogP contribution in [-0.2, 0) is 21.1 Å². The van der Waals surface area contributed by atoms with E-state index in [0.29, 0.717) is 0 Å². The number of rotatable bonds is 2. The van der Waals surface area contributed by atoms with Gasteiger partial charge in [-0.25, -0.2) is 0 Å². The van der Waals surface area contributed by atoms with Gasteiger partial charge < -0.3 is 20.7 Å². The number of carbonyl (C=O) groups excluding carboxylic acids is 1. The maximum atomic E-state index is 10.7. The van der Waals surface area contributed by atoms with Crippen LogP contribution >= 0.6 is 6.64 Å². The molecule has 5 N–H and O–H groups in total. The molecular weight excluding hydrogens is 175 g/mol. The van der Waals surface area contributed by atoms with E-state index < -0.39 is 12.5 Å². The van der Waals surface area contributed by atoms with Gasteiger partial charge in [0.15, 0.2) is 0 Å². The summed E-state index contributed by atoms with van der Waals surface area (Å²) in [5, 5.41) is 1.98. The summed E-state index contributed by atoms with van der Waals surface area (Å²) in [6.07, 6.45) is 0. The third-order valence-electron chi connectivity index (χ3n) is 0.535. The van der Waals surface area contributed by atoms with Gasteiger partial charge in [-0.1, -0.05) is 11.8 Å². The first-order valence-electron chi connectivity index (χ1n) is 2.13. The van der Waals surface area contributed by atoms with Crippen LogP contribution in [0.3, 0.4) is 0 Å². The average Bonchev–Trinajstić information content (AvgIpc) is 1.63. The molecule has 7 heteroatoms. The third kappa shape index (κ3) is 6.12. The minimum Gasteiger partial charge on any atom is -0.785 e. The topological polar surface area (TPSA) is 97.9 Å². The largest absolute Gasteiger partial charge is 0.785 e. The first-order chi connectivity index (χ1) is 3.98. The van der Waals surface area contributed by atoms with E-state index in [4.69, 9.17) is 0 Å². The molecule has 62 valence electrons. The van der Waals surface area contributed by atoms with Gasteiger partial charge in [0, 0.05) is 14.0 Å². The molecule has 0 aliphatic rings. The first kappa shape index (κ1) is 12.7. The van der Waals surface area contributed by atoms with Crippen molar-refractivity contribution in [1.29, 1.82) is 0 Å². The summed E-state index contributed by atoms with van der Waals surface area (Å²) in [7, 11) is 1.18. The molecule has 0 radical (unpaired) electrons. The molecule has 1 unspecified atom stereocenters. The van der Waals surface area contributed by atoms with Crippen molar-refractivity contribution in [3.05, 3.63) is 0 Å². The highest BCUT2D eigenvalue weighted by atomic mass is 32.5. The van der Waals surface area contributed by atoms with Gasteiger partial charge >= 0.3 is 0 Å². The summed E-state index contributed by atoms with van der Waals surface area (Å²) in [4.78, 5) is 20.8. The minimum absolute atomic E-state index is 0. The highest BCUT2D eigenvalue weighted by molar-refractivity contribution is 8.08. The molecule has 0 spiro atoms. The number of hydrogen-bond acceptors (Lipinski definition) is 4. The maximum Gasteiger partial charge on any atom is 0.221 e. The lowest BCUT2D eigenvalue weighted by Crippen LogP contribution is -2.23. The summed E-state index contributed by atoms with van der Waals surface area (Å²) in [5.74, 6) is -0.449. The molecule has 5 nitrogen and oxygen atoms in total. The van der Waals surface area contributed by atoms with Crippen LogP contribution in [0, 0.1) is 0 Å². The normalized spacial score (nSPS) is 14.7. The molecule has 0 aromatic carbocycles. The number of carbonyl (C=O) groups is 1. The second kappa shape index (κ2) is 4.76. The van der Waals surface area contributed by atoms with Gasteiger partial charge in [0.05, 0.1) is 6.64 Å². The van der Waals surface area contributed by atoms with Gasteiger partial charge in [-0.05, 0) is 0 Å². The van der Waals surface area contributed by atoms with E-state index in [1.165, 1.54) is 14.0 Å². The number of amides is 1. The molecule has 1 atom stereocenters. The van der Waals surface area contributed by atoms with E-state index in [2.05, 4.69) is 16.3 Å². The van der Waals surface area contributed by atoms with Crippen LogP contribution in [0.4, 0.5) is 0 Å². The minimum atomic E-state index is -3.25. The zero-order chi connectivity index (χ0) is 7.49. The Morgan fingerprint density at radius 2 is 2.20 bits per heavy atom. The Labute approximate surface area is 64.6 Å². The number of quaternary nitrogens is 1. The van der Waals surface area contributed by atoms with Gasteiger partial charge in [-0.2, -0.15) is 0 Å². The van der Waals surface area contributed by atoms with Crippen molar-refractivity contribution in [3.8, 4) is 0 Å². The van der Waals surface area contributed by atoms with Crippen LogP contribution in [0.2, 0.25) is 0 Å². The Morgan fingerprint density at radius 3 is 2.30 bits per heavy atom. The van der Waals surface area contributed by atoms with E-state index in [9.17, 15) is 9.69 Å². The third-order valence-corrected chi connectivity index (χ3v) is 2.33. The molecule has 0 rings (SSSR count). The Balaban J connectivity index is 0. The molecule has 0 aliphatic heterocycles. The molecule has 0 aromatic rings. The summed E-state index contributed by atoms with van der Waals surface area (Å²) in [5.41, 5.74) is 0. The van der Waals surface area contributed by atoms with E-state index in [-0.39, 0.29) is 6.15 Å². The Morgan fingerprint density at radius 1 is 1.80 bits per heavy atom. The van der Waals surface area contributed by atoms with Crippen LogP contribution in [0.1, 0.15) is 6.92 Å². The molecule has 0 aromatic heterocycles. The lowest BCUT2D eigenvalue weighted by atomic mass is 10.8. The lowest BCUT2D eigenvalue weighted by Gasteiger charge is -2.25. The SMILES string of the molecule is COP([O-])(=S)NC(C)=O.[NH4+]. The van der Waals surface area contributed by atoms with E-state index in [1.54, 1.807) is 0 Å². The van der Waals surface area contributed by atoms with Crippen LogP contribution in [0.5, 0.6) is 0 Å². The smallest absolute Gasteiger partial charge is 0.221 e. The highest BCUT2D eigenvalue weighted by Crippen LogP contribution is 2.29. The molecule has 0 bridgehead atoms. The van der Waals surface area contributed by atoms with E-state index >= 15 is 0 Å². The lowest BCUT2D eigenvalue weighted by molar-refractivity contribution is -0.183. The molecule has 0 heterocycles. The molecule has 1 amide bonds. The zero-order valence-electron chi connectivity index (χ0n) is 6.08. The van der Waals surface area contributed by atoms with Crippen molar-refractivity contribution in [3.63, 3.8) is 0 Å². The van der Waals surface area contributed by atoms with Crippen LogP contribution < -0.4 is 16.1 Å². The molecule has 10 heavy (non-hydrogen) atoms. The predicted molar refractivity (Wildman–Crippen MR) is 41.1 cm³/mol. The van der Waals surface area contributed by atoms with Crippen molar-refractivity contribution in [2.24, 2.45) is 0 Å². The summed E-state index contributed by atoms with van der Waals surface area (Å²) < 4.78 is 4.29. The van der Waals surface area contributed by atoms with Crippen molar-refractivity contribution in [1.82, 2.24) is 11.2 Å². The Bertz CT molecular complexity index is 162. The van der Waals surface area contributed by atoms with Crippen LogP contribution in [0.25, 0.3) is 0 Å². The summed E-state index contributed by atoms with van der Waals surface area (Å²) >= 11 is 4.32. The van der Waals surface area contributed by atoms with Gasteiger partial charge in [-0.3, -0.25) is 4.79 Å². The predicted octanol–water partition coefficient (Wildman–Crippen LogP) is -0.270. The quantitative estimate of drug-likeness (QED) is 0.580. The molecule has 0 saturated carbocycles. The van der Waals surface area contributed by atoms with E-state index in [0.717, 1.165) is 0 Å². The van der Waals surface area contributed by atoms with Gasteiger partial charge in [0.25, 0.3) is 0 Å². The van der Waals surface area contributed by atoms with Crippen molar-refractivity contribution >= 4 is 24.4 Å². The van der Waals surface area contributed by atoms with Crippen LogP contribution in [-0.4, -0.2) is 13.0 Å². The fourth-order valence-electron chi connectivity index (χ4n) is 0.238. The van der Waals surface area contributed by atoms with Gasteiger partial charge in [-0.15, -0.1) is 0 Å². The summed E-state index contributed by atoms with van der Waals surface area (Å²) in [6, 6.07) is 0. The second-order valence-corrected chi connectivity index (χ2v) is 4.37. The molecular formula is C3H11N2O3PS. The average molecular weight is 186 g/mol. The zero-order valence-corrected chi connectivity index (χ0v) is 7.79. The second-order valence-electron chi connectivity index (χ2n) is 1.35. The Kier molecular flexibility index (Phi) is 6.02. The maximum absolute atomic E-state index is 10.7.